The first-order chi connectivity index (χ1) is 19.1. The maximum atomic E-state index is 4.91. The Balaban J connectivity index is 0.000000885. The minimum atomic E-state index is -0.636. The number of hydrogen-bond acceptors (Lipinski definition) is 2. The van der Waals surface area contributed by atoms with Gasteiger partial charge in [0, 0.05) is 26.3 Å². The van der Waals surface area contributed by atoms with Crippen molar-refractivity contribution >= 4 is 7.26 Å². The number of methoxy groups -OCH3 is 1. The molecular weight excluding hydrogens is 495 g/mol. The van der Waals surface area contributed by atoms with Crippen LogP contribution in [0.15, 0.2) is 49.1 Å². The lowest BCUT2D eigenvalue weighted by Crippen LogP contribution is -2.08. The van der Waals surface area contributed by atoms with Crippen molar-refractivity contribution in [2.24, 2.45) is 0 Å². The number of aromatic nitrogens is 2. The highest BCUT2D eigenvalue weighted by Crippen LogP contribution is 2.57. The van der Waals surface area contributed by atoms with Gasteiger partial charge in [-0.3, -0.25) is 0 Å². The van der Waals surface area contributed by atoms with Crippen molar-refractivity contribution in [1.82, 2.24) is 9.97 Å². The Bertz CT molecular complexity index is 619. The molecule has 3 nitrogen and oxygen atoms in total. The van der Waals surface area contributed by atoms with Gasteiger partial charge in [-0.1, -0.05) is 116 Å². The maximum absolute atomic E-state index is 4.91. The van der Waals surface area contributed by atoms with Crippen LogP contribution in [0.3, 0.4) is 0 Å². The molecule has 0 aliphatic carbocycles. The minimum Gasteiger partial charge on any atom is -0.497 e. The molecule has 0 unspecified atom stereocenters. The van der Waals surface area contributed by atoms with Gasteiger partial charge in [0.05, 0.1) is 31.9 Å². The van der Waals surface area contributed by atoms with Crippen molar-refractivity contribution < 1.29 is 4.74 Å². The predicted octanol–water partition coefficient (Wildman–Crippen LogP) is 11.8. The summed E-state index contributed by atoms with van der Waals surface area (Å²) in [5.41, 5.74) is 0. The van der Waals surface area contributed by atoms with E-state index >= 15 is 0 Å². The van der Waals surface area contributed by atoms with Crippen LogP contribution >= 0.6 is 7.26 Å². The average molecular weight is 562 g/mol. The number of rotatable bonds is 22. The first-order valence-corrected chi connectivity index (χ1v) is 19.3. The van der Waals surface area contributed by atoms with Gasteiger partial charge in [0.2, 0.25) is 0 Å². The Labute approximate surface area is 245 Å². The molecule has 0 bridgehead atoms. The summed E-state index contributed by atoms with van der Waals surface area (Å²) in [5.74, 6) is 0.910. The Hall–Kier alpha value is -1.34. The Morgan fingerprint density at radius 2 is 1.03 bits per heavy atom. The Kier molecular flexibility index (Phi) is 28.6. The fraction of sp³-hybridized carbons (Fsp3) is 0.743. The van der Waals surface area contributed by atoms with Crippen molar-refractivity contribution in [2.75, 3.05) is 32.3 Å². The van der Waals surface area contributed by atoms with Crippen molar-refractivity contribution in [3.05, 3.63) is 49.1 Å². The van der Waals surface area contributed by atoms with E-state index in [-0.39, 0.29) is 0 Å². The molecule has 226 valence electrons. The number of ether oxygens (including phenoxy) is 1. The van der Waals surface area contributed by atoms with Gasteiger partial charge in [-0.25, -0.2) is 4.98 Å². The number of nitrogens with one attached hydrogen (secondary N) is 1. The third-order valence-electron chi connectivity index (χ3n) is 7.54. The van der Waals surface area contributed by atoms with E-state index in [9.17, 15) is 0 Å². The van der Waals surface area contributed by atoms with Crippen LogP contribution in [-0.2, 0) is 0 Å². The van der Waals surface area contributed by atoms with Gasteiger partial charge in [-0.15, -0.1) is 0 Å². The second-order valence-electron chi connectivity index (χ2n) is 11.4. The molecule has 0 radical (unpaired) electrons. The van der Waals surface area contributed by atoms with E-state index in [1.807, 2.05) is 30.3 Å². The van der Waals surface area contributed by atoms with Crippen LogP contribution in [0.25, 0.3) is 0 Å². The summed E-state index contributed by atoms with van der Waals surface area (Å²) in [4.78, 5) is 6.42. The van der Waals surface area contributed by atoms with Crippen molar-refractivity contribution in [3.63, 3.8) is 0 Å². The molecule has 0 fully saturated rings. The molecule has 0 spiro atoms. The number of nitrogens with zero attached hydrogens (tertiary/aromatic N) is 1. The molecular formula is C35H66N2OP+. The Morgan fingerprint density at radius 1 is 0.615 bits per heavy atom. The van der Waals surface area contributed by atoms with Crippen LogP contribution in [0.5, 0.6) is 5.75 Å². The molecule has 4 heteroatoms. The van der Waals surface area contributed by atoms with Gasteiger partial charge in [-0.2, -0.15) is 0 Å². The summed E-state index contributed by atoms with van der Waals surface area (Å²) in [7, 11) is 1.03. The smallest absolute Gasteiger partial charge is 0.118 e. The highest BCUT2D eigenvalue weighted by Gasteiger charge is 2.29. The first kappa shape index (κ1) is 37.7. The number of hydrogen-bond donors (Lipinski definition) is 1. The third kappa shape index (κ3) is 26.6. The van der Waals surface area contributed by atoms with E-state index in [1.54, 1.807) is 44.3 Å². The summed E-state index contributed by atoms with van der Waals surface area (Å²) < 4.78 is 4.91. The second kappa shape index (κ2) is 29.6. The normalized spacial score (nSPS) is 10.8. The molecule has 2 rings (SSSR count). The maximum Gasteiger partial charge on any atom is 0.118 e. The molecule has 0 atom stereocenters. The van der Waals surface area contributed by atoms with Crippen LogP contribution in [-0.4, -0.2) is 42.2 Å². The lowest BCUT2D eigenvalue weighted by atomic mass is 10.1. The molecule has 0 saturated heterocycles. The molecule has 1 aromatic heterocycles. The SMILES string of the molecule is CCCCCCCC[P+](C)(CCCCCCCC)CCCCCCCC.COc1ccccc1.c1c[nH]cn1. The third-order valence-corrected chi connectivity index (χ3v) is 11.7. The number of aromatic amines is 1. The van der Waals surface area contributed by atoms with Gasteiger partial charge < -0.3 is 9.72 Å². The van der Waals surface area contributed by atoms with Gasteiger partial charge in [0.1, 0.15) is 5.75 Å². The van der Waals surface area contributed by atoms with Gasteiger partial charge in [0.25, 0.3) is 0 Å². The Morgan fingerprint density at radius 3 is 1.31 bits per heavy atom. The van der Waals surface area contributed by atoms with Crippen molar-refractivity contribution in [3.8, 4) is 5.75 Å². The molecule has 39 heavy (non-hydrogen) atoms. The second-order valence-corrected chi connectivity index (χ2v) is 16.0. The molecule has 0 aliphatic heterocycles. The zero-order valence-corrected chi connectivity index (χ0v) is 27.7. The fourth-order valence-electron chi connectivity index (χ4n) is 4.93. The number of benzene rings is 1. The highest BCUT2D eigenvalue weighted by molar-refractivity contribution is 7.75. The topological polar surface area (TPSA) is 37.9 Å². The van der Waals surface area contributed by atoms with Crippen LogP contribution < -0.4 is 4.74 Å². The van der Waals surface area contributed by atoms with E-state index in [0.717, 1.165) is 5.75 Å². The molecule has 0 aliphatic rings. The predicted molar refractivity (Wildman–Crippen MR) is 179 cm³/mol. The molecule has 1 N–H and O–H groups in total. The summed E-state index contributed by atoms with van der Waals surface area (Å²) >= 11 is 0. The molecule has 0 saturated carbocycles. The summed E-state index contributed by atoms with van der Waals surface area (Å²) in [6.45, 7) is 9.70. The van der Waals surface area contributed by atoms with Gasteiger partial charge >= 0.3 is 0 Å². The first-order valence-electron chi connectivity index (χ1n) is 16.5. The number of H-pyrrole nitrogens is 1. The lowest BCUT2D eigenvalue weighted by molar-refractivity contribution is 0.415. The van der Waals surface area contributed by atoms with E-state index in [4.69, 9.17) is 4.74 Å². The lowest BCUT2D eigenvalue weighted by Gasteiger charge is -2.24. The standard InChI is InChI=1S/C25H54P.C7H8O.C3H4N2/c1-5-8-11-14-17-20-23-26(4,24-21-18-15-12-9-6-2)25-22-19-16-13-10-7-3;1-8-7-5-3-2-4-6-7;1-2-5-3-4-1/h5-25H2,1-4H3;2-6H,1H3;1-3H,(H,4,5)/q+1;;. The summed E-state index contributed by atoms with van der Waals surface area (Å²) in [6.07, 6.45) is 36.3. The zero-order valence-electron chi connectivity index (χ0n) is 26.8. The quantitative estimate of drug-likeness (QED) is 0.115. The highest BCUT2D eigenvalue weighted by atomic mass is 31.2. The van der Waals surface area contributed by atoms with E-state index < -0.39 is 7.26 Å². The van der Waals surface area contributed by atoms with Crippen molar-refractivity contribution in [1.29, 1.82) is 0 Å². The molecule has 1 aromatic carbocycles. The minimum absolute atomic E-state index is 0.636. The number of para-hydroxylation sites is 1. The van der Waals surface area contributed by atoms with Crippen LogP contribution in [0.1, 0.15) is 136 Å². The van der Waals surface area contributed by atoms with Crippen molar-refractivity contribution in [2.45, 2.75) is 136 Å². The zero-order chi connectivity index (χ0) is 28.7. The van der Waals surface area contributed by atoms with E-state index in [1.165, 1.54) is 116 Å². The molecule has 0 amide bonds. The molecule has 2 aromatic rings. The fourth-order valence-corrected chi connectivity index (χ4v) is 8.56. The van der Waals surface area contributed by atoms with E-state index in [0.29, 0.717) is 0 Å². The summed E-state index contributed by atoms with van der Waals surface area (Å²) in [5, 5.41) is 0. The number of imidazole rings is 1. The largest absolute Gasteiger partial charge is 0.497 e. The van der Waals surface area contributed by atoms with Crippen LogP contribution in [0, 0.1) is 0 Å². The molecule has 1 heterocycles. The number of unbranched alkanes of at least 4 members (excludes halogenated alkanes) is 15. The van der Waals surface area contributed by atoms with Crippen LogP contribution in [0.2, 0.25) is 0 Å². The summed E-state index contributed by atoms with van der Waals surface area (Å²) in [6, 6.07) is 9.68. The monoisotopic (exact) mass is 561 g/mol. The van der Waals surface area contributed by atoms with Gasteiger partial charge in [0.15, 0.2) is 0 Å². The van der Waals surface area contributed by atoms with E-state index in [2.05, 4.69) is 37.4 Å². The van der Waals surface area contributed by atoms with Crippen LogP contribution in [0.4, 0.5) is 0 Å². The van der Waals surface area contributed by atoms with Gasteiger partial charge in [-0.05, 0) is 50.7 Å². The average Bonchev–Trinajstić information content (AvgIpc) is 3.56.